The Hall–Kier alpha value is -3.02. The van der Waals surface area contributed by atoms with Gasteiger partial charge < -0.3 is 5.32 Å². The fourth-order valence-corrected chi connectivity index (χ4v) is 2.42. The molecule has 0 saturated heterocycles. The maximum absolute atomic E-state index is 12.4. The van der Waals surface area contributed by atoms with E-state index in [0.717, 1.165) is 17.1 Å². The molecule has 0 fully saturated rings. The van der Waals surface area contributed by atoms with Crippen molar-refractivity contribution in [3.05, 3.63) is 70.8 Å². The molecule has 0 radical (unpaired) electrons. The first-order valence-electron chi connectivity index (χ1n) is 7.74. The Labute approximate surface area is 140 Å². The number of benzene rings is 1. The molecule has 0 bridgehead atoms. The fourth-order valence-electron chi connectivity index (χ4n) is 2.42. The number of pyridine rings is 1. The van der Waals surface area contributed by atoms with Gasteiger partial charge >= 0.3 is 0 Å². The van der Waals surface area contributed by atoms with E-state index in [4.69, 9.17) is 0 Å². The summed E-state index contributed by atoms with van der Waals surface area (Å²) < 4.78 is 1.67. The maximum Gasteiger partial charge on any atom is 0.274 e. The topological polar surface area (TPSA) is 72.7 Å². The number of aromatic nitrogens is 4. The minimum Gasteiger partial charge on any atom is -0.345 e. The zero-order valence-electron chi connectivity index (χ0n) is 13.9. The van der Waals surface area contributed by atoms with Gasteiger partial charge in [0.2, 0.25) is 0 Å². The highest BCUT2D eigenvalue weighted by atomic mass is 16.2. The number of aryl methyl sites for hydroxylation is 2. The Morgan fingerprint density at radius 2 is 1.83 bits per heavy atom. The predicted molar refractivity (Wildman–Crippen MR) is 91.0 cm³/mol. The summed E-state index contributed by atoms with van der Waals surface area (Å²) in [7, 11) is 0. The monoisotopic (exact) mass is 321 g/mol. The highest BCUT2D eigenvalue weighted by Crippen LogP contribution is 2.13. The van der Waals surface area contributed by atoms with Gasteiger partial charge in [-0.25, -0.2) is 4.68 Å². The van der Waals surface area contributed by atoms with Crippen LogP contribution in [0.15, 0.2) is 42.5 Å². The summed E-state index contributed by atoms with van der Waals surface area (Å²) in [5.41, 5.74) is 4.80. The van der Waals surface area contributed by atoms with Crippen LogP contribution in [0.4, 0.5) is 0 Å². The van der Waals surface area contributed by atoms with Gasteiger partial charge in [-0.15, -0.1) is 5.10 Å². The quantitative estimate of drug-likeness (QED) is 0.801. The Bertz CT molecular complexity index is 867. The van der Waals surface area contributed by atoms with Crippen LogP contribution in [-0.4, -0.2) is 25.9 Å². The number of rotatable bonds is 4. The van der Waals surface area contributed by atoms with E-state index in [1.165, 1.54) is 5.56 Å². The van der Waals surface area contributed by atoms with Crippen LogP contribution in [0.1, 0.15) is 33.1 Å². The molecule has 3 rings (SSSR count). The molecule has 6 heteroatoms. The third-order valence-electron chi connectivity index (χ3n) is 3.76. The van der Waals surface area contributed by atoms with Gasteiger partial charge in [0, 0.05) is 5.69 Å². The van der Waals surface area contributed by atoms with E-state index in [1.54, 1.807) is 4.68 Å². The van der Waals surface area contributed by atoms with Crippen LogP contribution in [0.3, 0.4) is 0 Å². The second-order valence-electron chi connectivity index (χ2n) is 5.72. The molecule has 0 atom stereocenters. The molecule has 0 aliphatic heterocycles. The molecule has 3 aromatic rings. The van der Waals surface area contributed by atoms with Crippen molar-refractivity contribution in [1.29, 1.82) is 0 Å². The largest absolute Gasteiger partial charge is 0.345 e. The van der Waals surface area contributed by atoms with Crippen LogP contribution in [0.5, 0.6) is 0 Å². The molecule has 1 amide bonds. The summed E-state index contributed by atoms with van der Waals surface area (Å²) in [4.78, 5) is 16.7. The summed E-state index contributed by atoms with van der Waals surface area (Å²) in [6, 6.07) is 13.6. The third kappa shape index (κ3) is 3.32. The Morgan fingerprint density at radius 1 is 1.08 bits per heavy atom. The Balaban J connectivity index is 1.75. The van der Waals surface area contributed by atoms with Crippen LogP contribution >= 0.6 is 0 Å². The minimum absolute atomic E-state index is 0.255. The molecule has 0 aliphatic rings. The van der Waals surface area contributed by atoms with Gasteiger partial charge in [-0.3, -0.25) is 9.78 Å². The number of carbonyl (C=O) groups excluding carboxylic acids is 1. The van der Waals surface area contributed by atoms with Crippen molar-refractivity contribution >= 4 is 5.91 Å². The molecule has 2 aromatic heterocycles. The molecular weight excluding hydrogens is 302 g/mol. The van der Waals surface area contributed by atoms with Crippen LogP contribution in [-0.2, 0) is 6.54 Å². The minimum atomic E-state index is -0.255. The number of nitrogens with one attached hydrogen (secondary N) is 1. The molecule has 0 spiro atoms. The summed E-state index contributed by atoms with van der Waals surface area (Å²) >= 11 is 0. The van der Waals surface area contributed by atoms with Crippen molar-refractivity contribution in [3.8, 4) is 5.69 Å². The number of amides is 1. The SMILES string of the molecule is Cc1ccc(-n2nnc(C(=O)NCc3cccc(C)n3)c2C)cc1. The highest BCUT2D eigenvalue weighted by Gasteiger charge is 2.17. The summed E-state index contributed by atoms with van der Waals surface area (Å²) in [5.74, 6) is -0.255. The van der Waals surface area contributed by atoms with Crippen molar-refractivity contribution in [1.82, 2.24) is 25.3 Å². The first-order chi connectivity index (χ1) is 11.5. The number of carbonyl (C=O) groups is 1. The maximum atomic E-state index is 12.4. The van der Waals surface area contributed by atoms with Gasteiger partial charge in [-0.05, 0) is 45.0 Å². The van der Waals surface area contributed by atoms with E-state index in [1.807, 2.05) is 63.2 Å². The van der Waals surface area contributed by atoms with E-state index in [-0.39, 0.29) is 5.91 Å². The molecule has 1 N–H and O–H groups in total. The zero-order chi connectivity index (χ0) is 17.1. The van der Waals surface area contributed by atoms with E-state index >= 15 is 0 Å². The third-order valence-corrected chi connectivity index (χ3v) is 3.76. The fraction of sp³-hybridized carbons (Fsp3) is 0.222. The van der Waals surface area contributed by atoms with Crippen molar-refractivity contribution in [2.75, 3.05) is 0 Å². The Kier molecular flexibility index (Phi) is 4.37. The van der Waals surface area contributed by atoms with Crippen molar-refractivity contribution in [2.45, 2.75) is 27.3 Å². The number of hydrogen-bond donors (Lipinski definition) is 1. The van der Waals surface area contributed by atoms with Gasteiger partial charge in [0.1, 0.15) is 0 Å². The van der Waals surface area contributed by atoms with Gasteiger partial charge in [0.05, 0.1) is 23.6 Å². The van der Waals surface area contributed by atoms with E-state index in [0.29, 0.717) is 17.9 Å². The lowest BCUT2D eigenvalue weighted by molar-refractivity contribution is 0.0944. The Morgan fingerprint density at radius 3 is 2.54 bits per heavy atom. The molecular formula is C18H19N5O. The molecule has 122 valence electrons. The van der Waals surface area contributed by atoms with Gasteiger partial charge in [0.15, 0.2) is 5.69 Å². The summed E-state index contributed by atoms with van der Waals surface area (Å²) in [6.07, 6.45) is 0. The molecule has 0 unspecified atom stereocenters. The number of nitrogens with zero attached hydrogens (tertiary/aromatic N) is 4. The summed E-state index contributed by atoms with van der Waals surface area (Å²) in [5, 5.41) is 11.0. The summed E-state index contributed by atoms with van der Waals surface area (Å²) in [6.45, 7) is 6.13. The first-order valence-corrected chi connectivity index (χ1v) is 7.74. The van der Waals surface area contributed by atoms with Gasteiger partial charge in [-0.1, -0.05) is 29.0 Å². The lowest BCUT2D eigenvalue weighted by atomic mass is 10.2. The smallest absolute Gasteiger partial charge is 0.274 e. The predicted octanol–water partition coefficient (Wildman–Crippen LogP) is 2.52. The molecule has 1 aromatic carbocycles. The average molecular weight is 321 g/mol. The molecule has 0 saturated carbocycles. The molecule has 6 nitrogen and oxygen atoms in total. The van der Waals surface area contributed by atoms with Crippen LogP contribution in [0, 0.1) is 20.8 Å². The van der Waals surface area contributed by atoms with Gasteiger partial charge in [-0.2, -0.15) is 0 Å². The number of hydrogen-bond acceptors (Lipinski definition) is 4. The van der Waals surface area contributed by atoms with E-state index in [9.17, 15) is 4.79 Å². The van der Waals surface area contributed by atoms with Crippen LogP contribution in [0.25, 0.3) is 5.69 Å². The van der Waals surface area contributed by atoms with Crippen molar-refractivity contribution in [2.24, 2.45) is 0 Å². The second-order valence-corrected chi connectivity index (χ2v) is 5.72. The lowest BCUT2D eigenvalue weighted by Gasteiger charge is -2.05. The van der Waals surface area contributed by atoms with Gasteiger partial charge in [0.25, 0.3) is 5.91 Å². The first kappa shape index (κ1) is 15.9. The normalized spacial score (nSPS) is 10.6. The lowest BCUT2D eigenvalue weighted by Crippen LogP contribution is -2.24. The van der Waals surface area contributed by atoms with Crippen LogP contribution < -0.4 is 5.32 Å². The molecule has 2 heterocycles. The van der Waals surface area contributed by atoms with E-state index in [2.05, 4.69) is 20.6 Å². The van der Waals surface area contributed by atoms with Crippen molar-refractivity contribution < 1.29 is 4.79 Å². The van der Waals surface area contributed by atoms with Crippen molar-refractivity contribution in [3.63, 3.8) is 0 Å². The standard InChI is InChI=1S/C18H19N5O/c1-12-7-9-16(10-8-12)23-14(3)17(21-22-23)18(24)19-11-15-6-4-5-13(2)20-15/h4-10H,11H2,1-3H3,(H,19,24). The highest BCUT2D eigenvalue weighted by molar-refractivity contribution is 5.93. The van der Waals surface area contributed by atoms with Crippen LogP contribution in [0.2, 0.25) is 0 Å². The zero-order valence-corrected chi connectivity index (χ0v) is 13.9. The van der Waals surface area contributed by atoms with E-state index < -0.39 is 0 Å². The molecule has 0 aliphatic carbocycles. The average Bonchev–Trinajstić information content (AvgIpc) is 2.95. The second kappa shape index (κ2) is 6.62. The molecule has 24 heavy (non-hydrogen) atoms.